The van der Waals surface area contributed by atoms with Crippen molar-refractivity contribution in [1.82, 2.24) is 0 Å². The molecule has 12 nitrogen and oxygen atoms in total. The highest BCUT2D eigenvalue weighted by molar-refractivity contribution is 6.08. The van der Waals surface area contributed by atoms with Crippen molar-refractivity contribution in [2.24, 2.45) is 0 Å². The summed E-state index contributed by atoms with van der Waals surface area (Å²) in [5.41, 5.74) is 2.80. The number of carbonyl (C=O) groups is 3. The van der Waals surface area contributed by atoms with E-state index in [0.717, 1.165) is 5.57 Å². The van der Waals surface area contributed by atoms with Gasteiger partial charge in [-0.15, -0.1) is 0 Å². The van der Waals surface area contributed by atoms with Crippen LogP contribution >= 0.6 is 0 Å². The van der Waals surface area contributed by atoms with Gasteiger partial charge in [0.1, 0.15) is 0 Å². The number of non-ortho nitro benzene ring substituents is 2. The summed E-state index contributed by atoms with van der Waals surface area (Å²) in [6.07, 6.45) is 2.38. The third-order valence-electron chi connectivity index (χ3n) is 5.80. The van der Waals surface area contributed by atoms with Gasteiger partial charge in [-0.25, -0.2) is 0 Å². The van der Waals surface area contributed by atoms with E-state index < -0.39 is 9.85 Å². The second kappa shape index (κ2) is 10.8. The average Bonchev–Trinajstić information content (AvgIpc) is 2.84. The number of ketones is 1. The summed E-state index contributed by atoms with van der Waals surface area (Å²) in [6, 6.07) is 8.48. The summed E-state index contributed by atoms with van der Waals surface area (Å²) in [4.78, 5) is 58.2. The zero-order valence-corrected chi connectivity index (χ0v) is 19.9. The number of ether oxygens (including phenoxy) is 1. The molecule has 0 N–H and O–H groups in total. The quantitative estimate of drug-likeness (QED) is 0.352. The summed E-state index contributed by atoms with van der Waals surface area (Å²) in [5, 5.41) is 21.5. The van der Waals surface area contributed by atoms with Crippen LogP contribution < -0.4 is 9.80 Å². The Morgan fingerprint density at radius 2 is 1.33 bits per heavy atom. The normalized spacial score (nSPS) is 15.3. The minimum absolute atomic E-state index is 0.00570. The number of amides is 2. The molecule has 2 aliphatic rings. The van der Waals surface area contributed by atoms with Gasteiger partial charge in [0.15, 0.2) is 5.78 Å². The molecule has 2 aliphatic heterocycles. The number of nitro benzene ring substituents is 2. The second-order valence-electron chi connectivity index (χ2n) is 8.06. The Morgan fingerprint density at radius 3 is 1.81 bits per heavy atom. The van der Waals surface area contributed by atoms with Crippen LogP contribution in [-0.2, 0) is 14.3 Å². The highest BCUT2D eigenvalue weighted by atomic mass is 16.6. The van der Waals surface area contributed by atoms with Crippen LogP contribution in [0.1, 0.15) is 42.6 Å². The van der Waals surface area contributed by atoms with E-state index in [1.165, 1.54) is 56.2 Å². The first-order chi connectivity index (χ1) is 17.0. The van der Waals surface area contributed by atoms with Crippen LogP contribution in [0.3, 0.4) is 0 Å². The van der Waals surface area contributed by atoms with E-state index in [0.29, 0.717) is 36.4 Å². The zero-order valence-electron chi connectivity index (χ0n) is 19.9. The van der Waals surface area contributed by atoms with Gasteiger partial charge < -0.3 is 14.5 Å². The molecular formula is C24H24N4O8. The van der Waals surface area contributed by atoms with Crippen molar-refractivity contribution < 1.29 is 29.0 Å². The summed E-state index contributed by atoms with van der Waals surface area (Å²) in [5.74, 6) is -0.416. The van der Waals surface area contributed by atoms with E-state index >= 15 is 0 Å². The molecule has 0 radical (unpaired) electrons. The predicted octanol–water partition coefficient (Wildman–Crippen LogP) is 3.87. The Morgan fingerprint density at radius 1 is 0.861 bits per heavy atom. The molecule has 0 spiro atoms. The lowest BCUT2D eigenvalue weighted by Crippen LogP contribution is -2.35. The van der Waals surface area contributed by atoms with Gasteiger partial charge >= 0.3 is 0 Å². The molecule has 0 fully saturated rings. The fraction of sp³-hybridized carbons (Fsp3) is 0.292. The maximum atomic E-state index is 11.7. The molecule has 0 bridgehead atoms. The molecule has 2 aromatic rings. The maximum Gasteiger partial charge on any atom is 0.270 e. The van der Waals surface area contributed by atoms with Crippen molar-refractivity contribution in [2.45, 2.75) is 26.7 Å². The van der Waals surface area contributed by atoms with Gasteiger partial charge in [-0.05, 0) is 24.1 Å². The molecule has 0 atom stereocenters. The first-order valence-corrected chi connectivity index (χ1v) is 10.9. The third-order valence-corrected chi connectivity index (χ3v) is 5.80. The largest absolute Gasteiger partial charge is 0.504 e. The van der Waals surface area contributed by atoms with Gasteiger partial charge in [-0.3, -0.25) is 34.6 Å². The third kappa shape index (κ3) is 5.37. The molecule has 0 aliphatic carbocycles. The molecule has 4 rings (SSSR count). The van der Waals surface area contributed by atoms with E-state index in [2.05, 4.69) is 0 Å². The standard InChI is InChI=1S/C13H14N2O4.C11H10N2O4/c1-9(16)14-6-5-10(8-19-2)12-7-11(15(17)18)3-4-13(12)14;1-7(14)12-5-4-11(15)9-6-8(13(16)17)2-3-10(9)12/h3-4,7-8H,5-6H2,1-2H3;2-3,6H,4-5H2,1H3. The number of methoxy groups -OCH3 is 1. The van der Waals surface area contributed by atoms with Crippen molar-refractivity contribution in [3.05, 3.63) is 74.0 Å². The maximum absolute atomic E-state index is 11.7. The van der Waals surface area contributed by atoms with Crippen LogP contribution in [-0.4, -0.2) is 47.6 Å². The molecule has 12 heteroatoms. The summed E-state index contributed by atoms with van der Waals surface area (Å²) < 4.78 is 5.00. The van der Waals surface area contributed by atoms with E-state index in [-0.39, 0.29) is 41.0 Å². The summed E-state index contributed by atoms with van der Waals surface area (Å²) in [6.45, 7) is 3.77. The monoisotopic (exact) mass is 496 g/mol. The Kier molecular flexibility index (Phi) is 7.77. The highest BCUT2D eigenvalue weighted by Crippen LogP contribution is 2.37. The fourth-order valence-corrected chi connectivity index (χ4v) is 4.10. The van der Waals surface area contributed by atoms with Gasteiger partial charge in [-0.2, -0.15) is 0 Å². The Balaban J connectivity index is 0.000000202. The molecule has 188 valence electrons. The molecule has 0 aromatic heterocycles. The van der Waals surface area contributed by atoms with Gasteiger partial charge in [0.05, 0.1) is 34.6 Å². The molecule has 0 saturated carbocycles. The number of nitrogens with zero attached hydrogens (tertiary/aromatic N) is 4. The van der Waals surface area contributed by atoms with Crippen LogP contribution in [0.15, 0.2) is 42.7 Å². The molecule has 2 amide bonds. The van der Waals surface area contributed by atoms with Crippen molar-refractivity contribution >= 4 is 45.9 Å². The van der Waals surface area contributed by atoms with Crippen LogP contribution in [0.25, 0.3) is 5.57 Å². The molecule has 36 heavy (non-hydrogen) atoms. The summed E-state index contributed by atoms with van der Waals surface area (Å²) >= 11 is 0. The number of benzene rings is 2. The van der Waals surface area contributed by atoms with Crippen LogP contribution in [0.2, 0.25) is 0 Å². The van der Waals surface area contributed by atoms with Crippen molar-refractivity contribution in [2.75, 3.05) is 30.0 Å². The lowest BCUT2D eigenvalue weighted by atomic mass is 9.96. The minimum atomic E-state index is -0.555. The van der Waals surface area contributed by atoms with Crippen LogP contribution in [0, 0.1) is 20.2 Å². The van der Waals surface area contributed by atoms with Crippen molar-refractivity contribution in [1.29, 1.82) is 0 Å². The van der Waals surface area contributed by atoms with Gasteiger partial charge in [0.25, 0.3) is 11.4 Å². The Bertz CT molecular complexity index is 1290. The molecular weight excluding hydrogens is 472 g/mol. The van der Waals surface area contributed by atoms with Gasteiger partial charge in [-0.1, -0.05) is 0 Å². The van der Waals surface area contributed by atoms with E-state index in [1.54, 1.807) is 17.2 Å². The molecule has 2 aromatic carbocycles. The van der Waals surface area contributed by atoms with Gasteiger partial charge in [0.2, 0.25) is 11.8 Å². The van der Waals surface area contributed by atoms with Crippen LogP contribution in [0.5, 0.6) is 0 Å². The van der Waals surface area contributed by atoms with E-state index in [1.807, 2.05) is 0 Å². The number of anilines is 2. The minimum Gasteiger partial charge on any atom is -0.504 e. The SMILES string of the molecule is CC(=O)N1CCC(=O)c2cc([N+](=O)[O-])ccc21.COC=C1CCN(C(C)=O)c2ccc([N+](=O)[O-])cc21. The zero-order chi connectivity index (χ0) is 26.6. The first-order valence-electron chi connectivity index (χ1n) is 10.9. The molecule has 0 saturated heterocycles. The predicted molar refractivity (Wildman–Crippen MR) is 131 cm³/mol. The number of fused-ring (bicyclic) bond motifs is 2. The number of hydrogen-bond acceptors (Lipinski definition) is 8. The van der Waals surface area contributed by atoms with Gasteiger partial charge in [0, 0.05) is 68.8 Å². The Labute approximate surface area is 206 Å². The lowest BCUT2D eigenvalue weighted by molar-refractivity contribution is -0.385. The van der Waals surface area contributed by atoms with Crippen molar-refractivity contribution in [3.63, 3.8) is 0 Å². The number of carbonyl (C=O) groups excluding carboxylic acids is 3. The summed E-state index contributed by atoms with van der Waals surface area (Å²) in [7, 11) is 1.53. The number of hydrogen-bond donors (Lipinski definition) is 0. The first kappa shape index (κ1) is 26.0. The Hall–Kier alpha value is -4.61. The number of Topliss-reactive ketones (excluding diaryl/α,β-unsaturated/α-hetero) is 1. The van der Waals surface area contributed by atoms with Crippen LogP contribution in [0.4, 0.5) is 22.7 Å². The fourth-order valence-electron chi connectivity index (χ4n) is 4.10. The lowest BCUT2D eigenvalue weighted by Gasteiger charge is -2.29. The number of nitro groups is 2. The highest BCUT2D eigenvalue weighted by Gasteiger charge is 2.27. The number of rotatable bonds is 3. The van der Waals surface area contributed by atoms with Crippen molar-refractivity contribution in [3.8, 4) is 0 Å². The topological polar surface area (TPSA) is 153 Å². The smallest absolute Gasteiger partial charge is 0.270 e. The molecule has 0 unspecified atom stereocenters. The van der Waals surface area contributed by atoms with E-state index in [9.17, 15) is 34.6 Å². The van der Waals surface area contributed by atoms with E-state index in [4.69, 9.17) is 4.74 Å². The molecule has 2 heterocycles. The second-order valence-corrected chi connectivity index (χ2v) is 8.06. The average molecular weight is 496 g/mol.